The van der Waals surface area contributed by atoms with Crippen molar-refractivity contribution in [1.29, 1.82) is 0 Å². The van der Waals surface area contributed by atoms with Crippen molar-refractivity contribution in [3.63, 3.8) is 0 Å². The summed E-state index contributed by atoms with van der Waals surface area (Å²) in [6.07, 6.45) is 1.44. The van der Waals surface area contributed by atoms with Crippen molar-refractivity contribution in [2.75, 3.05) is 12.3 Å². The maximum atomic E-state index is 11.7. The summed E-state index contributed by atoms with van der Waals surface area (Å²) in [4.78, 5) is 23.0. The number of anilines is 1. The van der Waals surface area contributed by atoms with Gasteiger partial charge in [-0.15, -0.1) is 0 Å². The van der Waals surface area contributed by atoms with Crippen LogP contribution in [-0.4, -0.2) is 17.1 Å². The molecule has 1 heterocycles. The number of pyridine rings is 1. The molecule has 0 saturated heterocycles. The van der Waals surface area contributed by atoms with E-state index in [1.807, 2.05) is 0 Å². The average molecular weight is 289 g/mol. The fourth-order valence-corrected chi connectivity index (χ4v) is 1.66. The maximum Gasteiger partial charge on any atom is 0.326 e. The molecule has 0 spiro atoms. The van der Waals surface area contributed by atoms with Crippen LogP contribution in [-0.2, 0) is 16.1 Å². The predicted molar refractivity (Wildman–Crippen MR) is 64.2 cm³/mol. The Morgan fingerprint density at radius 1 is 1.62 bits per heavy atom. The topological polar surface area (TPSA) is 74.3 Å². The minimum Gasteiger partial charge on any atom is -0.465 e. The molecule has 0 aliphatic carbocycles. The molecule has 0 saturated carbocycles. The number of nitrogens with two attached hydrogens (primary N) is 1. The summed E-state index contributed by atoms with van der Waals surface area (Å²) in [5, 5.41) is 0. The van der Waals surface area contributed by atoms with Gasteiger partial charge in [-0.1, -0.05) is 0 Å². The first-order chi connectivity index (χ1) is 7.47. The zero-order chi connectivity index (χ0) is 12.3. The third-order valence-electron chi connectivity index (χ3n) is 2.11. The molecule has 0 radical (unpaired) electrons. The zero-order valence-electron chi connectivity index (χ0n) is 9.12. The van der Waals surface area contributed by atoms with Crippen LogP contribution in [0.1, 0.15) is 12.5 Å². The summed E-state index contributed by atoms with van der Waals surface area (Å²) in [6, 6.07) is 0. The second-order valence-corrected chi connectivity index (χ2v) is 4.05. The van der Waals surface area contributed by atoms with Crippen molar-refractivity contribution < 1.29 is 9.53 Å². The first kappa shape index (κ1) is 12.8. The molecule has 0 bridgehead atoms. The first-order valence-corrected chi connectivity index (χ1v) is 5.57. The maximum absolute atomic E-state index is 11.7. The quantitative estimate of drug-likeness (QED) is 0.844. The van der Waals surface area contributed by atoms with Gasteiger partial charge in [-0.25, -0.2) is 0 Å². The number of carbonyl (C=O) groups excluding carboxylic acids is 1. The second-order valence-electron chi connectivity index (χ2n) is 3.26. The molecule has 2 N–H and O–H groups in total. The summed E-state index contributed by atoms with van der Waals surface area (Å²) in [5.74, 6) is -0.459. The molecule has 6 heteroatoms. The van der Waals surface area contributed by atoms with Crippen LogP contribution >= 0.6 is 15.9 Å². The monoisotopic (exact) mass is 288 g/mol. The Morgan fingerprint density at radius 2 is 2.25 bits per heavy atom. The number of halogens is 1. The van der Waals surface area contributed by atoms with Gasteiger partial charge in [0, 0.05) is 6.20 Å². The number of aromatic nitrogens is 1. The zero-order valence-corrected chi connectivity index (χ0v) is 10.7. The molecule has 0 aromatic carbocycles. The van der Waals surface area contributed by atoms with Crippen LogP contribution in [0.25, 0.3) is 0 Å². The summed E-state index contributed by atoms with van der Waals surface area (Å²) in [7, 11) is 0. The van der Waals surface area contributed by atoms with E-state index in [9.17, 15) is 9.59 Å². The Bertz CT molecular complexity index is 468. The van der Waals surface area contributed by atoms with E-state index in [-0.39, 0.29) is 18.7 Å². The molecule has 16 heavy (non-hydrogen) atoms. The highest BCUT2D eigenvalue weighted by Gasteiger charge is 2.11. The number of nitrogens with zero attached hydrogens (tertiary/aromatic N) is 1. The number of carbonyl (C=O) groups is 1. The van der Waals surface area contributed by atoms with E-state index in [2.05, 4.69) is 15.9 Å². The molecular weight excluding hydrogens is 276 g/mol. The normalized spacial score (nSPS) is 10.2. The smallest absolute Gasteiger partial charge is 0.326 e. The molecule has 0 atom stereocenters. The molecule has 0 fully saturated rings. The van der Waals surface area contributed by atoms with E-state index >= 15 is 0 Å². The van der Waals surface area contributed by atoms with Crippen molar-refractivity contribution in [2.45, 2.75) is 20.4 Å². The molecule has 1 rings (SSSR count). The molecule has 0 aliphatic rings. The van der Waals surface area contributed by atoms with E-state index in [4.69, 9.17) is 10.5 Å². The number of esters is 1. The van der Waals surface area contributed by atoms with Crippen LogP contribution in [0, 0.1) is 6.92 Å². The lowest BCUT2D eigenvalue weighted by Crippen LogP contribution is -2.26. The molecule has 0 unspecified atom stereocenters. The molecule has 1 aromatic heterocycles. The first-order valence-electron chi connectivity index (χ1n) is 4.78. The van der Waals surface area contributed by atoms with Gasteiger partial charge in [-0.05, 0) is 35.3 Å². The SMILES string of the molecule is CCOC(=O)Cn1cc(N)c(C)c(Br)c1=O. The van der Waals surface area contributed by atoms with Crippen LogP contribution < -0.4 is 11.3 Å². The standard InChI is InChI=1S/C10H13BrN2O3/c1-3-16-8(14)5-13-4-7(12)6(2)9(11)10(13)15/h4H,3,5,12H2,1-2H3. The van der Waals surface area contributed by atoms with Crippen molar-refractivity contribution in [1.82, 2.24) is 4.57 Å². The van der Waals surface area contributed by atoms with Gasteiger partial charge in [-0.3, -0.25) is 9.59 Å². The van der Waals surface area contributed by atoms with Crippen LogP contribution in [0.15, 0.2) is 15.5 Å². The molecular formula is C10H13BrN2O3. The fourth-order valence-electron chi connectivity index (χ4n) is 1.20. The van der Waals surface area contributed by atoms with Crippen molar-refractivity contribution >= 4 is 27.6 Å². The van der Waals surface area contributed by atoms with Crippen molar-refractivity contribution in [3.05, 3.63) is 26.6 Å². The Hall–Kier alpha value is -1.30. The molecule has 5 nitrogen and oxygen atoms in total. The third kappa shape index (κ3) is 2.63. The van der Waals surface area contributed by atoms with E-state index in [1.165, 1.54) is 10.8 Å². The van der Waals surface area contributed by atoms with Gasteiger partial charge < -0.3 is 15.0 Å². The Morgan fingerprint density at radius 3 is 2.81 bits per heavy atom. The summed E-state index contributed by atoms with van der Waals surface area (Å²) >= 11 is 3.14. The largest absolute Gasteiger partial charge is 0.465 e. The van der Waals surface area contributed by atoms with Crippen LogP contribution in [0.4, 0.5) is 5.69 Å². The predicted octanol–water partition coefficient (Wildman–Crippen LogP) is 1.06. The van der Waals surface area contributed by atoms with Gasteiger partial charge in [0.15, 0.2) is 0 Å². The molecule has 1 aromatic rings. The van der Waals surface area contributed by atoms with Gasteiger partial charge in [0.1, 0.15) is 6.54 Å². The fraction of sp³-hybridized carbons (Fsp3) is 0.400. The number of nitrogen functional groups attached to an aromatic ring is 1. The lowest BCUT2D eigenvalue weighted by molar-refractivity contribution is -0.143. The van der Waals surface area contributed by atoms with E-state index in [0.29, 0.717) is 15.7 Å². The van der Waals surface area contributed by atoms with Gasteiger partial charge in [0.05, 0.1) is 16.8 Å². The Labute approximate surface area is 101 Å². The number of ether oxygens (including phenoxy) is 1. The van der Waals surface area contributed by atoms with E-state index in [0.717, 1.165) is 0 Å². The second kappa shape index (κ2) is 5.16. The number of hydrogen-bond donors (Lipinski definition) is 1. The molecule has 0 amide bonds. The summed E-state index contributed by atoms with van der Waals surface area (Å²) in [5.41, 5.74) is 6.53. The lowest BCUT2D eigenvalue weighted by atomic mass is 10.2. The molecule has 0 aliphatic heterocycles. The van der Waals surface area contributed by atoms with Gasteiger partial charge in [0.25, 0.3) is 5.56 Å². The average Bonchev–Trinajstić information content (AvgIpc) is 2.23. The van der Waals surface area contributed by atoms with Crippen LogP contribution in [0.2, 0.25) is 0 Å². The number of hydrogen-bond acceptors (Lipinski definition) is 4. The van der Waals surface area contributed by atoms with E-state index in [1.54, 1.807) is 13.8 Å². The highest BCUT2D eigenvalue weighted by Crippen LogP contribution is 2.16. The Kier molecular flexibility index (Phi) is 4.12. The highest BCUT2D eigenvalue weighted by atomic mass is 79.9. The number of rotatable bonds is 3. The Balaban J connectivity index is 3.07. The highest BCUT2D eigenvalue weighted by molar-refractivity contribution is 9.10. The van der Waals surface area contributed by atoms with Crippen molar-refractivity contribution in [3.8, 4) is 0 Å². The minimum absolute atomic E-state index is 0.129. The van der Waals surface area contributed by atoms with Gasteiger partial charge in [-0.2, -0.15) is 0 Å². The third-order valence-corrected chi connectivity index (χ3v) is 3.04. The van der Waals surface area contributed by atoms with Gasteiger partial charge in [0.2, 0.25) is 0 Å². The lowest BCUT2D eigenvalue weighted by Gasteiger charge is -2.09. The summed E-state index contributed by atoms with van der Waals surface area (Å²) < 4.78 is 6.35. The molecule has 88 valence electrons. The summed E-state index contributed by atoms with van der Waals surface area (Å²) in [6.45, 7) is 3.60. The van der Waals surface area contributed by atoms with E-state index < -0.39 is 5.97 Å². The van der Waals surface area contributed by atoms with Crippen LogP contribution in [0.5, 0.6) is 0 Å². The van der Waals surface area contributed by atoms with Crippen LogP contribution in [0.3, 0.4) is 0 Å². The van der Waals surface area contributed by atoms with Crippen molar-refractivity contribution in [2.24, 2.45) is 0 Å². The minimum atomic E-state index is -0.459. The van der Waals surface area contributed by atoms with Gasteiger partial charge >= 0.3 is 5.97 Å².